The molecule has 0 bridgehead atoms. The van der Waals surface area contributed by atoms with Crippen LogP contribution in [0.5, 0.6) is 0 Å². The molecule has 0 radical (unpaired) electrons. The largest absolute Gasteiger partial charge is 0.390 e. The molecule has 0 saturated heterocycles. The Morgan fingerprint density at radius 1 is 1.13 bits per heavy atom. The van der Waals surface area contributed by atoms with E-state index in [-0.39, 0.29) is 6.42 Å². The summed E-state index contributed by atoms with van der Waals surface area (Å²) in [5.74, 6) is -1.85. The fourth-order valence-corrected chi connectivity index (χ4v) is 1.32. The van der Waals surface area contributed by atoms with Crippen molar-refractivity contribution in [3.05, 3.63) is 35.4 Å². The summed E-state index contributed by atoms with van der Waals surface area (Å²) >= 11 is 0. The Bertz CT molecular complexity index is 328. The van der Waals surface area contributed by atoms with Crippen LogP contribution < -0.4 is 0 Å². The van der Waals surface area contributed by atoms with Gasteiger partial charge in [0, 0.05) is 6.42 Å². The SMILES string of the molecule is CCC(O)C(O)Cc1ccc(F)c(F)c1. The molecule has 0 aliphatic heterocycles. The molecule has 2 nitrogen and oxygen atoms in total. The number of benzene rings is 1. The normalized spacial score (nSPS) is 15.0. The fraction of sp³-hybridized carbons (Fsp3) is 0.455. The van der Waals surface area contributed by atoms with E-state index < -0.39 is 23.8 Å². The van der Waals surface area contributed by atoms with Crippen molar-refractivity contribution in [3.8, 4) is 0 Å². The summed E-state index contributed by atoms with van der Waals surface area (Å²) in [7, 11) is 0. The Kier molecular flexibility index (Phi) is 4.17. The van der Waals surface area contributed by atoms with Gasteiger partial charge in [0.25, 0.3) is 0 Å². The van der Waals surface area contributed by atoms with E-state index in [4.69, 9.17) is 0 Å². The Balaban J connectivity index is 2.68. The van der Waals surface area contributed by atoms with Gasteiger partial charge in [-0.3, -0.25) is 0 Å². The maximum Gasteiger partial charge on any atom is 0.159 e. The van der Waals surface area contributed by atoms with E-state index in [9.17, 15) is 19.0 Å². The van der Waals surface area contributed by atoms with Gasteiger partial charge in [0.15, 0.2) is 11.6 Å². The maximum absolute atomic E-state index is 12.8. The molecule has 0 amide bonds. The lowest BCUT2D eigenvalue weighted by Gasteiger charge is -2.15. The molecule has 0 aliphatic rings. The number of rotatable bonds is 4. The smallest absolute Gasteiger partial charge is 0.159 e. The van der Waals surface area contributed by atoms with Crippen LogP contribution in [0.25, 0.3) is 0 Å². The van der Waals surface area contributed by atoms with E-state index in [1.165, 1.54) is 6.07 Å². The van der Waals surface area contributed by atoms with Crippen molar-refractivity contribution >= 4 is 0 Å². The summed E-state index contributed by atoms with van der Waals surface area (Å²) in [4.78, 5) is 0. The molecule has 0 spiro atoms. The average Bonchev–Trinajstić information content (AvgIpc) is 2.22. The summed E-state index contributed by atoms with van der Waals surface area (Å²) in [6, 6.07) is 3.43. The first kappa shape index (κ1) is 12.1. The van der Waals surface area contributed by atoms with Crippen molar-refractivity contribution in [2.45, 2.75) is 32.0 Å². The number of aliphatic hydroxyl groups is 2. The van der Waals surface area contributed by atoms with E-state index in [1.807, 2.05) is 0 Å². The number of aliphatic hydroxyl groups excluding tert-OH is 2. The van der Waals surface area contributed by atoms with Crippen molar-refractivity contribution in [3.63, 3.8) is 0 Å². The number of halogens is 2. The molecule has 0 heterocycles. The van der Waals surface area contributed by atoms with Crippen LogP contribution in [0.4, 0.5) is 8.78 Å². The molecule has 2 N–H and O–H groups in total. The highest BCUT2D eigenvalue weighted by atomic mass is 19.2. The third-order valence-electron chi connectivity index (χ3n) is 2.29. The molecular weight excluding hydrogens is 202 g/mol. The van der Waals surface area contributed by atoms with Gasteiger partial charge in [-0.15, -0.1) is 0 Å². The molecule has 2 atom stereocenters. The summed E-state index contributed by atoms with van der Waals surface area (Å²) in [6.45, 7) is 1.74. The van der Waals surface area contributed by atoms with Gasteiger partial charge in [0.2, 0.25) is 0 Å². The van der Waals surface area contributed by atoms with Gasteiger partial charge in [-0.05, 0) is 24.1 Å². The first-order chi connectivity index (χ1) is 7.04. The van der Waals surface area contributed by atoms with E-state index in [0.29, 0.717) is 12.0 Å². The van der Waals surface area contributed by atoms with Crippen LogP contribution in [-0.4, -0.2) is 22.4 Å². The molecule has 1 rings (SSSR count). The molecule has 1 aromatic rings. The van der Waals surface area contributed by atoms with Crippen molar-refractivity contribution < 1.29 is 19.0 Å². The predicted octanol–water partition coefficient (Wildman–Crippen LogP) is 1.64. The Morgan fingerprint density at radius 3 is 2.33 bits per heavy atom. The zero-order chi connectivity index (χ0) is 11.4. The lowest BCUT2D eigenvalue weighted by Crippen LogP contribution is -2.27. The average molecular weight is 216 g/mol. The van der Waals surface area contributed by atoms with Gasteiger partial charge < -0.3 is 10.2 Å². The molecule has 0 saturated carbocycles. The van der Waals surface area contributed by atoms with E-state index in [2.05, 4.69) is 0 Å². The Morgan fingerprint density at radius 2 is 1.80 bits per heavy atom. The summed E-state index contributed by atoms with van der Waals surface area (Å²) in [6.07, 6.45) is -1.24. The summed E-state index contributed by atoms with van der Waals surface area (Å²) < 4.78 is 25.4. The molecule has 4 heteroatoms. The van der Waals surface area contributed by atoms with E-state index in [1.54, 1.807) is 6.92 Å². The van der Waals surface area contributed by atoms with Crippen LogP contribution in [0.1, 0.15) is 18.9 Å². The fourth-order valence-electron chi connectivity index (χ4n) is 1.32. The topological polar surface area (TPSA) is 40.5 Å². The molecule has 0 aliphatic carbocycles. The van der Waals surface area contributed by atoms with Gasteiger partial charge in [-0.2, -0.15) is 0 Å². The van der Waals surface area contributed by atoms with Crippen LogP contribution in [0, 0.1) is 11.6 Å². The van der Waals surface area contributed by atoms with Gasteiger partial charge in [0.1, 0.15) is 0 Å². The third-order valence-corrected chi connectivity index (χ3v) is 2.29. The molecule has 0 fully saturated rings. The second kappa shape index (κ2) is 5.19. The number of hydrogen-bond donors (Lipinski definition) is 2. The highest BCUT2D eigenvalue weighted by molar-refractivity contribution is 5.18. The van der Waals surface area contributed by atoms with Crippen LogP contribution >= 0.6 is 0 Å². The van der Waals surface area contributed by atoms with Crippen LogP contribution in [0.3, 0.4) is 0 Å². The van der Waals surface area contributed by atoms with Crippen LogP contribution in [0.2, 0.25) is 0 Å². The Labute approximate surface area is 87.2 Å². The monoisotopic (exact) mass is 216 g/mol. The molecule has 1 aromatic carbocycles. The van der Waals surface area contributed by atoms with Crippen molar-refractivity contribution in [2.24, 2.45) is 0 Å². The standard InChI is InChI=1S/C11H14F2O2/c1-2-10(14)11(15)6-7-3-4-8(12)9(13)5-7/h3-5,10-11,14-15H,2,6H2,1H3. The van der Waals surface area contributed by atoms with E-state index in [0.717, 1.165) is 12.1 Å². The third kappa shape index (κ3) is 3.25. The highest BCUT2D eigenvalue weighted by Gasteiger charge is 2.15. The van der Waals surface area contributed by atoms with Crippen LogP contribution in [-0.2, 0) is 6.42 Å². The Hall–Kier alpha value is -1.00. The lowest BCUT2D eigenvalue weighted by atomic mass is 10.0. The molecule has 15 heavy (non-hydrogen) atoms. The van der Waals surface area contributed by atoms with Crippen molar-refractivity contribution in [1.82, 2.24) is 0 Å². The zero-order valence-corrected chi connectivity index (χ0v) is 8.45. The predicted molar refractivity (Wildman–Crippen MR) is 52.4 cm³/mol. The van der Waals surface area contributed by atoms with Crippen molar-refractivity contribution in [2.75, 3.05) is 0 Å². The molecule has 0 aromatic heterocycles. The minimum Gasteiger partial charge on any atom is -0.390 e. The van der Waals surface area contributed by atoms with Gasteiger partial charge in [-0.25, -0.2) is 8.78 Å². The van der Waals surface area contributed by atoms with Gasteiger partial charge >= 0.3 is 0 Å². The summed E-state index contributed by atoms with van der Waals surface area (Å²) in [5.41, 5.74) is 0.467. The zero-order valence-electron chi connectivity index (χ0n) is 8.45. The second-order valence-corrected chi connectivity index (χ2v) is 3.50. The maximum atomic E-state index is 12.8. The van der Waals surface area contributed by atoms with Gasteiger partial charge in [-0.1, -0.05) is 13.0 Å². The lowest BCUT2D eigenvalue weighted by molar-refractivity contribution is 0.0181. The van der Waals surface area contributed by atoms with E-state index >= 15 is 0 Å². The van der Waals surface area contributed by atoms with Crippen LogP contribution in [0.15, 0.2) is 18.2 Å². The minimum absolute atomic E-state index is 0.117. The first-order valence-corrected chi connectivity index (χ1v) is 4.84. The molecule has 84 valence electrons. The second-order valence-electron chi connectivity index (χ2n) is 3.50. The van der Waals surface area contributed by atoms with Crippen molar-refractivity contribution in [1.29, 1.82) is 0 Å². The van der Waals surface area contributed by atoms with Gasteiger partial charge in [0.05, 0.1) is 12.2 Å². The molecular formula is C11H14F2O2. The minimum atomic E-state index is -0.945. The summed E-state index contributed by atoms with van der Waals surface area (Å²) in [5, 5.41) is 18.8. The quantitative estimate of drug-likeness (QED) is 0.803. The number of hydrogen-bond acceptors (Lipinski definition) is 2. The first-order valence-electron chi connectivity index (χ1n) is 4.84. The molecule has 2 unspecified atom stereocenters. The highest BCUT2D eigenvalue weighted by Crippen LogP contribution is 2.12.